The number of halogens is 1. The first kappa shape index (κ1) is 39.1. The van der Waals surface area contributed by atoms with Crippen molar-refractivity contribution < 1.29 is 37.0 Å². The Morgan fingerprint density at radius 1 is 1.08 bits per heavy atom. The standard InChI is InChI=1S/C35H43ClN6O8S2/c1-7-48-31(43)27-29(42-18-16-35(17-19-42)20-49-22(3)28(35)40-33(45)50-34(4,5)6)37-21(2)30(39-27)51-25-15-11-14-24(26(25)36)38-32(44)41-52(46,47)23-12-9-8-10-13-23/h8-15,22,28H,7,16-20H2,1-6H3,(H,40,45)(H2,38,41,44)/t22-,28+/m0/s1. The molecule has 52 heavy (non-hydrogen) atoms. The number of hydrogen-bond acceptors (Lipinski definition) is 12. The Balaban J connectivity index is 1.33. The minimum Gasteiger partial charge on any atom is -0.461 e. The number of esters is 1. The smallest absolute Gasteiger partial charge is 0.407 e. The number of piperidine rings is 1. The Morgan fingerprint density at radius 3 is 2.42 bits per heavy atom. The first-order chi connectivity index (χ1) is 24.5. The maximum atomic E-state index is 13.3. The molecule has 0 radical (unpaired) electrons. The number of hydrogen-bond donors (Lipinski definition) is 3. The molecule has 17 heteroatoms. The van der Waals surface area contributed by atoms with Gasteiger partial charge in [0, 0.05) is 23.4 Å². The summed E-state index contributed by atoms with van der Waals surface area (Å²) in [5, 5.41) is 6.06. The summed E-state index contributed by atoms with van der Waals surface area (Å²) in [5.41, 5.74) is -0.234. The van der Waals surface area contributed by atoms with Crippen LogP contribution in [-0.2, 0) is 24.2 Å². The second-order valence-electron chi connectivity index (χ2n) is 13.6. The molecule has 3 heterocycles. The molecule has 0 bridgehead atoms. The molecule has 3 amide bonds. The molecule has 2 aromatic carbocycles. The van der Waals surface area contributed by atoms with E-state index in [1.54, 1.807) is 44.2 Å². The van der Waals surface area contributed by atoms with Crippen molar-refractivity contribution >= 4 is 63.0 Å². The quantitative estimate of drug-likeness (QED) is 0.211. The number of amides is 3. The molecular weight excluding hydrogens is 732 g/mol. The van der Waals surface area contributed by atoms with E-state index in [0.29, 0.717) is 54.0 Å². The van der Waals surface area contributed by atoms with Gasteiger partial charge in [0.25, 0.3) is 10.0 Å². The van der Waals surface area contributed by atoms with Gasteiger partial charge < -0.3 is 29.7 Å². The van der Waals surface area contributed by atoms with E-state index in [1.807, 2.05) is 37.3 Å². The van der Waals surface area contributed by atoms with Crippen molar-refractivity contribution in [1.29, 1.82) is 0 Å². The highest BCUT2D eigenvalue weighted by Crippen LogP contribution is 2.44. The fraction of sp³-hybridized carbons (Fsp3) is 0.457. The Bertz CT molecular complexity index is 1920. The van der Waals surface area contributed by atoms with Gasteiger partial charge in [-0.15, -0.1) is 0 Å². The molecule has 280 valence electrons. The average Bonchev–Trinajstić information content (AvgIpc) is 3.36. The van der Waals surface area contributed by atoms with Crippen LogP contribution in [0.25, 0.3) is 0 Å². The molecule has 5 rings (SSSR count). The summed E-state index contributed by atoms with van der Waals surface area (Å²) in [6, 6.07) is 11.1. The number of nitrogens with zero attached hydrogens (tertiary/aromatic N) is 3. The minimum absolute atomic E-state index is 0.0428. The van der Waals surface area contributed by atoms with E-state index in [-0.39, 0.29) is 45.5 Å². The maximum Gasteiger partial charge on any atom is 0.407 e. The van der Waals surface area contributed by atoms with Gasteiger partial charge in [0.05, 0.1) is 46.7 Å². The number of nitrogens with one attached hydrogen (secondary N) is 3. The third kappa shape index (κ3) is 9.08. The summed E-state index contributed by atoms with van der Waals surface area (Å²) in [4.78, 5) is 50.6. The van der Waals surface area contributed by atoms with Gasteiger partial charge in [-0.05, 0) is 78.6 Å². The molecule has 0 aliphatic carbocycles. The monoisotopic (exact) mass is 774 g/mol. The van der Waals surface area contributed by atoms with Gasteiger partial charge in [0.15, 0.2) is 11.5 Å². The molecule has 0 saturated carbocycles. The number of anilines is 2. The highest BCUT2D eigenvalue weighted by atomic mass is 35.5. The van der Waals surface area contributed by atoms with Crippen molar-refractivity contribution in [1.82, 2.24) is 20.0 Å². The predicted molar refractivity (Wildman–Crippen MR) is 197 cm³/mol. The molecule has 1 spiro atoms. The Morgan fingerprint density at radius 2 is 1.77 bits per heavy atom. The highest BCUT2D eigenvalue weighted by Gasteiger charge is 2.51. The number of alkyl carbamates (subject to hydrolysis) is 1. The predicted octanol–water partition coefficient (Wildman–Crippen LogP) is 6.18. The van der Waals surface area contributed by atoms with Crippen molar-refractivity contribution in [2.24, 2.45) is 5.41 Å². The number of rotatable bonds is 9. The molecule has 2 fully saturated rings. The molecule has 3 N–H and O–H groups in total. The first-order valence-corrected chi connectivity index (χ1v) is 19.5. The zero-order chi connectivity index (χ0) is 37.8. The van der Waals surface area contributed by atoms with E-state index in [1.165, 1.54) is 18.2 Å². The minimum atomic E-state index is -4.12. The fourth-order valence-electron chi connectivity index (χ4n) is 6.17. The number of urea groups is 1. The Labute approximate surface area is 312 Å². The van der Waals surface area contributed by atoms with E-state index in [0.717, 1.165) is 11.8 Å². The number of aryl methyl sites for hydroxylation is 1. The van der Waals surface area contributed by atoms with Crippen LogP contribution in [0.4, 0.5) is 21.1 Å². The summed E-state index contributed by atoms with van der Waals surface area (Å²) < 4.78 is 44.2. The lowest BCUT2D eigenvalue weighted by Crippen LogP contribution is -2.55. The third-order valence-corrected chi connectivity index (χ3v) is 11.7. The number of aromatic nitrogens is 2. The second kappa shape index (κ2) is 15.9. The molecular formula is C35H43ClN6O8S2. The molecule has 2 aliphatic heterocycles. The van der Waals surface area contributed by atoms with Crippen LogP contribution in [0.15, 0.2) is 63.3 Å². The number of carbonyl (C=O) groups is 3. The molecule has 14 nitrogen and oxygen atoms in total. The van der Waals surface area contributed by atoms with Crippen LogP contribution in [0.3, 0.4) is 0 Å². The average molecular weight is 775 g/mol. The zero-order valence-corrected chi connectivity index (χ0v) is 32.2. The van der Waals surface area contributed by atoms with Crippen molar-refractivity contribution in [3.8, 4) is 0 Å². The van der Waals surface area contributed by atoms with Crippen molar-refractivity contribution in [3.05, 3.63) is 64.9 Å². The summed E-state index contributed by atoms with van der Waals surface area (Å²) in [5.74, 6) is -0.246. The first-order valence-electron chi connectivity index (χ1n) is 16.8. The van der Waals surface area contributed by atoms with Gasteiger partial charge in [-0.25, -0.2) is 37.5 Å². The van der Waals surface area contributed by atoms with E-state index in [9.17, 15) is 22.8 Å². The highest BCUT2D eigenvalue weighted by molar-refractivity contribution is 7.99. The topological polar surface area (TPSA) is 178 Å². The van der Waals surface area contributed by atoms with Crippen LogP contribution < -0.4 is 20.3 Å². The van der Waals surface area contributed by atoms with E-state index < -0.39 is 33.7 Å². The van der Waals surface area contributed by atoms with E-state index >= 15 is 0 Å². The molecule has 0 unspecified atom stereocenters. The summed E-state index contributed by atoms with van der Waals surface area (Å²) in [6.07, 6.45) is 0.626. The lowest BCUT2D eigenvalue weighted by Gasteiger charge is -2.43. The summed E-state index contributed by atoms with van der Waals surface area (Å²) >= 11 is 7.82. The Kier molecular flexibility index (Phi) is 11.9. The maximum absolute atomic E-state index is 13.3. The van der Waals surface area contributed by atoms with Crippen molar-refractivity contribution in [2.75, 3.05) is 36.5 Å². The molecule has 2 aliphatic rings. The number of sulfonamides is 1. The summed E-state index contributed by atoms with van der Waals surface area (Å²) in [6.45, 7) is 12.5. The number of benzene rings is 2. The second-order valence-corrected chi connectivity index (χ2v) is 16.7. The fourth-order valence-corrected chi connectivity index (χ4v) is 8.27. The number of carbonyl (C=O) groups excluding carboxylic acids is 3. The van der Waals surface area contributed by atoms with E-state index in [4.69, 9.17) is 35.8 Å². The molecule has 2 saturated heterocycles. The summed E-state index contributed by atoms with van der Waals surface area (Å²) in [7, 11) is -4.12. The molecule has 2 atom stereocenters. The Hall–Kier alpha value is -4.12. The SMILES string of the molecule is CCOC(=O)c1nc(Sc2cccc(NC(=O)NS(=O)(=O)c3ccccc3)c2Cl)c(C)nc1N1CCC2(CC1)CO[C@@H](C)[C@H]2NC(=O)OC(C)(C)C. The van der Waals surface area contributed by atoms with Crippen LogP contribution in [-0.4, -0.2) is 80.5 Å². The van der Waals surface area contributed by atoms with Crippen LogP contribution in [0.5, 0.6) is 0 Å². The molecule has 3 aromatic rings. The largest absolute Gasteiger partial charge is 0.461 e. The van der Waals surface area contributed by atoms with Gasteiger partial charge >= 0.3 is 18.1 Å². The van der Waals surface area contributed by atoms with Crippen LogP contribution in [0, 0.1) is 12.3 Å². The number of ether oxygens (including phenoxy) is 3. The lowest BCUT2D eigenvalue weighted by molar-refractivity contribution is 0.0432. The van der Waals surface area contributed by atoms with Gasteiger partial charge in [-0.1, -0.05) is 47.6 Å². The van der Waals surface area contributed by atoms with Crippen LogP contribution >= 0.6 is 23.4 Å². The van der Waals surface area contributed by atoms with Crippen LogP contribution in [0.2, 0.25) is 5.02 Å². The lowest BCUT2D eigenvalue weighted by atomic mass is 9.73. The van der Waals surface area contributed by atoms with Crippen molar-refractivity contribution in [3.63, 3.8) is 0 Å². The van der Waals surface area contributed by atoms with Gasteiger partial charge in [-0.2, -0.15) is 0 Å². The van der Waals surface area contributed by atoms with Crippen molar-refractivity contribution in [2.45, 2.75) is 86.9 Å². The van der Waals surface area contributed by atoms with E-state index in [2.05, 4.69) is 10.6 Å². The van der Waals surface area contributed by atoms with Gasteiger partial charge in [0.2, 0.25) is 0 Å². The van der Waals surface area contributed by atoms with Crippen LogP contribution in [0.1, 0.15) is 63.6 Å². The third-order valence-electron chi connectivity index (χ3n) is 8.67. The van der Waals surface area contributed by atoms with Gasteiger partial charge in [0.1, 0.15) is 10.6 Å². The van der Waals surface area contributed by atoms with Gasteiger partial charge in [-0.3, -0.25) is 0 Å². The molecule has 1 aromatic heterocycles. The zero-order valence-electron chi connectivity index (χ0n) is 29.8. The normalized spacial score (nSPS) is 18.5.